The van der Waals surface area contributed by atoms with E-state index in [2.05, 4.69) is 24.0 Å². The third-order valence-corrected chi connectivity index (χ3v) is 17.5. The van der Waals surface area contributed by atoms with Gasteiger partial charge in [0.1, 0.15) is 35.9 Å². The van der Waals surface area contributed by atoms with Gasteiger partial charge in [-0.15, -0.1) is 26.3 Å². The number of nitrogens with zero attached hydrogens (tertiary/aromatic N) is 4. The van der Waals surface area contributed by atoms with Gasteiger partial charge in [-0.3, -0.25) is 32.3 Å². The van der Waals surface area contributed by atoms with Crippen molar-refractivity contribution in [3.63, 3.8) is 0 Å². The monoisotopic (exact) mass is 1440 g/mol. The molecule has 0 bridgehead atoms. The van der Waals surface area contributed by atoms with E-state index in [4.69, 9.17) is 32.5 Å². The minimum atomic E-state index is -5.59. The molecule has 2 fully saturated rings. The zero-order chi connectivity index (χ0) is 67.7. The zero-order valence-corrected chi connectivity index (χ0v) is 58.1. The molecule has 500 valence electrons. The van der Waals surface area contributed by atoms with Gasteiger partial charge in [0, 0.05) is 72.4 Å². The second-order valence-electron chi connectivity index (χ2n) is 20.7. The Morgan fingerprint density at radius 2 is 0.885 bits per heavy atom. The molecule has 2 aliphatic carbocycles. The molecule has 2 aliphatic rings. The van der Waals surface area contributed by atoms with Crippen molar-refractivity contribution in [2.75, 3.05) is 27.4 Å². The summed E-state index contributed by atoms with van der Waals surface area (Å²) in [6.45, 7) is -1.51. The maximum atomic E-state index is 14.5. The third-order valence-electron chi connectivity index (χ3n) is 13.4. The van der Waals surface area contributed by atoms with E-state index >= 15 is 0 Å². The van der Waals surface area contributed by atoms with Crippen molar-refractivity contribution in [3.05, 3.63) is 202 Å². The van der Waals surface area contributed by atoms with Crippen molar-refractivity contribution in [2.24, 2.45) is 0 Å². The summed E-state index contributed by atoms with van der Waals surface area (Å²) in [7, 11) is -7.44. The SMILES string of the molecule is COc1cc(-n2ccnc(Sc3ccc(OC(F)(F)F)cc3)c2=O)ccc1OCC1(OP(=O)(OCc2ccccc2)OCc2ccccc2)CC(F)(F)C1.COc1cc(-n2ccnc(Sc3ccc(OC(F)(F)F)cc3)c2=O)ccc1OCC1(OP(=O)([O-])[O-])CC(F)(F)C1.[Na+].[Na+]. The van der Waals surface area contributed by atoms with E-state index in [1.54, 1.807) is 60.7 Å². The van der Waals surface area contributed by atoms with Crippen LogP contribution in [0.5, 0.6) is 34.5 Å². The topological polar surface area (TPSA) is 242 Å². The summed E-state index contributed by atoms with van der Waals surface area (Å²) >= 11 is 1.84. The van der Waals surface area contributed by atoms with E-state index < -0.39 is 113 Å². The minimum Gasteiger partial charge on any atom is -0.790 e. The van der Waals surface area contributed by atoms with Crippen molar-refractivity contribution >= 4 is 39.2 Å². The first-order chi connectivity index (χ1) is 44.3. The molecule has 2 saturated carbocycles. The van der Waals surface area contributed by atoms with Crippen LogP contribution in [0.4, 0.5) is 43.9 Å². The summed E-state index contributed by atoms with van der Waals surface area (Å²) in [5, 5.41) is 0.0237. The van der Waals surface area contributed by atoms with Crippen LogP contribution < -0.4 is 108 Å². The Morgan fingerprint density at radius 3 is 1.22 bits per heavy atom. The molecule has 10 rings (SSSR count). The first-order valence-corrected chi connectivity index (χ1v) is 31.9. The second kappa shape index (κ2) is 32.4. The van der Waals surface area contributed by atoms with E-state index in [0.29, 0.717) is 26.6 Å². The fourth-order valence-corrected chi connectivity index (χ4v) is 13.1. The molecule has 0 saturated heterocycles. The van der Waals surface area contributed by atoms with Gasteiger partial charge in [0.25, 0.3) is 23.0 Å². The van der Waals surface area contributed by atoms with Gasteiger partial charge in [-0.1, -0.05) is 84.2 Å². The smallest absolute Gasteiger partial charge is 0.790 e. The van der Waals surface area contributed by atoms with E-state index in [1.165, 1.54) is 109 Å². The van der Waals surface area contributed by atoms with Gasteiger partial charge in [-0.25, -0.2) is 32.1 Å². The number of phosphoric acid groups is 2. The van der Waals surface area contributed by atoms with Crippen LogP contribution in [-0.2, 0) is 40.4 Å². The Kier molecular flexibility index (Phi) is 26.1. The van der Waals surface area contributed by atoms with Crippen LogP contribution in [0, 0.1) is 0 Å². The Balaban J connectivity index is 0.000000277. The molecule has 36 heteroatoms. The number of benzene rings is 6. The summed E-state index contributed by atoms with van der Waals surface area (Å²) in [4.78, 5) is 57.6. The predicted molar refractivity (Wildman–Crippen MR) is 312 cm³/mol. The molecule has 0 atom stereocenters. The van der Waals surface area contributed by atoms with Crippen molar-refractivity contribution < 1.29 is 168 Å². The summed E-state index contributed by atoms with van der Waals surface area (Å²) in [6.07, 6.45) is -7.93. The van der Waals surface area contributed by atoms with E-state index in [0.717, 1.165) is 47.8 Å². The van der Waals surface area contributed by atoms with Crippen molar-refractivity contribution in [1.29, 1.82) is 0 Å². The molecule has 6 aromatic carbocycles. The fourth-order valence-electron chi connectivity index (χ4n) is 9.43. The van der Waals surface area contributed by atoms with E-state index in [-0.39, 0.29) is 111 Å². The molecular weight excluding hydrogens is 1390 g/mol. The molecule has 96 heavy (non-hydrogen) atoms. The zero-order valence-electron chi connectivity index (χ0n) is 50.6. The quantitative estimate of drug-likeness (QED) is 0.0298. The number of hydrogen-bond donors (Lipinski definition) is 0. The van der Waals surface area contributed by atoms with Crippen LogP contribution >= 0.6 is 39.2 Å². The second-order valence-corrected chi connectivity index (χ2v) is 25.5. The Morgan fingerprint density at radius 1 is 0.521 bits per heavy atom. The standard InChI is InChI=1S/C37H32F5N2O8PS.C23H20F5N2O8PS.2Na/c1-47-32-20-28(44-19-18-43-33(34(44)45)54-30-15-13-29(14-16-30)51-37(40,41)42)12-17-31(32)48-25-35(23-36(38,39)24-35)52-53(46,49-21-26-8-4-2-5-9-26)50-22-27-10-6-3-7-11-27;1-35-18-10-14(2-7-17(18)36-13-21(38-39(32,33)34)11-22(24,25)12-21)30-9-8-29-19(20(30)31)40-16-5-3-15(4-6-16)37-23(26,27)28;;/h2-20H,21-25H2,1H3;2-10H,11-13H2,1H3,(H2,32,33,34);;/q;;2*+1/p-2. The van der Waals surface area contributed by atoms with Crippen molar-refractivity contribution in [1.82, 2.24) is 19.1 Å². The predicted octanol–water partition coefficient (Wildman–Crippen LogP) is 7.09. The first-order valence-electron chi connectivity index (χ1n) is 27.3. The summed E-state index contributed by atoms with van der Waals surface area (Å²) < 4.78 is 210. The number of halogens is 10. The average Bonchev–Trinajstić information content (AvgIpc) is 0.755. The number of rotatable bonds is 26. The van der Waals surface area contributed by atoms with Gasteiger partial charge >= 0.3 is 79.7 Å². The van der Waals surface area contributed by atoms with Crippen LogP contribution in [0.1, 0.15) is 36.8 Å². The summed E-state index contributed by atoms with van der Waals surface area (Å²) in [5.74, 6) is -6.90. The van der Waals surface area contributed by atoms with Gasteiger partial charge < -0.3 is 47.3 Å². The maximum Gasteiger partial charge on any atom is 1.00 e. The molecule has 0 aliphatic heterocycles. The molecule has 0 radical (unpaired) electrons. The van der Waals surface area contributed by atoms with Crippen molar-refractivity contribution in [2.45, 2.75) is 94.5 Å². The minimum absolute atomic E-state index is 0. The molecule has 0 spiro atoms. The Hall–Kier alpha value is -5.90. The number of methoxy groups -OCH3 is 2. The van der Waals surface area contributed by atoms with Gasteiger partial charge in [-0.05, 0) is 83.9 Å². The Bertz CT molecular complexity index is 4090. The molecule has 0 unspecified atom stereocenters. The maximum absolute atomic E-state index is 14.5. The molecule has 0 amide bonds. The third kappa shape index (κ3) is 22.1. The summed E-state index contributed by atoms with van der Waals surface area (Å²) in [5.41, 5.74) is -2.99. The number of aromatic nitrogens is 4. The molecule has 2 heterocycles. The van der Waals surface area contributed by atoms with Crippen LogP contribution in [0.3, 0.4) is 0 Å². The summed E-state index contributed by atoms with van der Waals surface area (Å²) in [6, 6.07) is 36.0. The first kappa shape index (κ1) is 77.5. The van der Waals surface area contributed by atoms with Crippen molar-refractivity contribution in [3.8, 4) is 45.9 Å². The fraction of sp³-hybridized carbons (Fsp3) is 0.267. The number of hydrogen-bond acceptors (Lipinski definition) is 20. The van der Waals surface area contributed by atoms with E-state index in [9.17, 15) is 72.4 Å². The van der Waals surface area contributed by atoms with Gasteiger partial charge in [0.05, 0.1) is 46.6 Å². The molecule has 20 nitrogen and oxygen atoms in total. The number of alkyl halides is 10. The molecule has 8 aromatic rings. The van der Waals surface area contributed by atoms with Crippen LogP contribution in [0.15, 0.2) is 200 Å². The van der Waals surface area contributed by atoms with Gasteiger partial charge in [0.15, 0.2) is 33.0 Å². The van der Waals surface area contributed by atoms with Crippen LogP contribution in [-0.4, -0.2) is 82.3 Å². The van der Waals surface area contributed by atoms with Gasteiger partial charge in [-0.2, -0.15) is 0 Å². The largest absolute Gasteiger partial charge is 1.00 e. The number of phosphoric ester groups is 2. The van der Waals surface area contributed by atoms with Crippen LogP contribution in [0.25, 0.3) is 11.4 Å². The van der Waals surface area contributed by atoms with Gasteiger partial charge in [0.2, 0.25) is 0 Å². The number of ether oxygens (including phenoxy) is 6. The van der Waals surface area contributed by atoms with E-state index in [1.807, 2.05) is 0 Å². The molecular formula is C60H50F10N4Na2O16P2S2. The average molecular weight is 1450 g/mol. The normalized spacial score (nSPS) is 15.1. The van der Waals surface area contributed by atoms with Crippen LogP contribution in [0.2, 0.25) is 0 Å². The molecule has 2 aromatic heterocycles. The molecule has 0 N–H and O–H groups in total. The Labute approximate surface area is 592 Å².